The van der Waals surface area contributed by atoms with Crippen LogP contribution in [0.3, 0.4) is 0 Å². The summed E-state index contributed by atoms with van der Waals surface area (Å²) in [6.45, 7) is 8.11. The molecule has 1 aromatic heterocycles. The fraction of sp³-hybridized carbons (Fsp3) is 0.471. The Morgan fingerprint density at radius 3 is 2.90 bits per heavy atom. The van der Waals surface area contributed by atoms with Gasteiger partial charge in [0.15, 0.2) is 0 Å². The molecule has 4 nitrogen and oxygen atoms in total. The highest BCUT2D eigenvalue weighted by molar-refractivity contribution is 5.37. The van der Waals surface area contributed by atoms with Crippen LogP contribution in [0.5, 0.6) is 5.75 Å². The molecule has 1 unspecified atom stereocenters. The molecular formula is C17H23N3O. The lowest BCUT2D eigenvalue weighted by Gasteiger charge is -2.21. The third-order valence-corrected chi connectivity index (χ3v) is 3.69. The average molecular weight is 285 g/mol. The van der Waals surface area contributed by atoms with Gasteiger partial charge in [-0.1, -0.05) is 18.2 Å². The molecule has 1 aliphatic heterocycles. The average Bonchev–Trinajstić information content (AvgIpc) is 3.01. The van der Waals surface area contributed by atoms with E-state index in [9.17, 15) is 0 Å². The molecule has 21 heavy (non-hydrogen) atoms. The van der Waals surface area contributed by atoms with E-state index in [4.69, 9.17) is 4.74 Å². The Hall–Kier alpha value is -1.81. The van der Waals surface area contributed by atoms with E-state index in [0.717, 1.165) is 31.1 Å². The summed E-state index contributed by atoms with van der Waals surface area (Å²) in [5.74, 6) is 2.08. The van der Waals surface area contributed by atoms with Gasteiger partial charge in [0.2, 0.25) is 0 Å². The first-order chi connectivity index (χ1) is 10.0. The van der Waals surface area contributed by atoms with E-state index in [1.54, 1.807) is 0 Å². The topological polar surface area (TPSA) is 39.1 Å². The molecule has 0 bridgehead atoms. The molecule has 2 aromatic rings. The van der Waals surface area contributed by atoms with Gasteiger partial charge in [-0.15, -0.1) is 0 Å². The minimum absolute atomic E-state index is 0.0941. The first kappa shape index (κ1) is 14.1. The first-order valence-corrected chi connectivity index (χ1v) is 7.51. The number of fused-ring (bicyclic) bond motifs is 1. The number of benzene rings is 1. The van der Waals surface area contributed by atoms with E-state index in [0.29, 0.717) is 0 Å². The van der Waals surface area contributed by atoms with Crippen molar-refractivity contribution in [2.75, 3.05) is 0 Å². The Morgan fingerprint density at radius 1 is 1.33 bits per heavy atom. The van der Waals surface area contributed by atoms with Gasteiger partial charge >= 0.3 is 0 Å². The lowest BCUT2D eigenvalue weighted by Crippen LogP contribution is -2.36. The standard InChI is InChI=1S/C17H23N3O/c1-17(2,3)19-11-16-18-8-9-20(16)12-14-10-13-6-4-5-7-15(13)21-14/h4-9,14,19H,10-12H2,1-3H3. The Balaban J connectivity index is 1.63. The summed E-state index contributed by atoms with van der Waals surface area (Å²) in [5, 5.41) is 3.48. The van der Waals surface area contributed by atoms with Gasteiger partial charge in [0.05, 0.1) is 13.1 Å². The minimum atomic E-state index is 0.0941. The second kappa shape index (κ2) is 5.53. The van der Waals surface area contributed by atoms with Gasteiger partial charge in [-0.05, 0) is 32.4 Å². The maximum absolute atomic E-state index is 6.01. The molecule has 0 spiro atoms. The maximum atomic E-state index is 6.01. The molecule has 0 radical (unpaired) electrons. The van der Waals surface area contributed by atoms with Crippen molar-refractivity contribution in [3.05, 3.63) is 48.0 Å². The molecule has 0 aliphatic carbocycles. The van der Waals surface area contributed by atoms with Gasteiger partial charge in [-0.3, -0.25) is 0 Å². The normalized spacial score (nSPS) is 17.6. The van der Waals surface area contributed by atoms with Gasteiger partial charge in [0, 0.05) is 24.4 Å². The van der Waals surface area contributed by atoms with E-state index < -0.39 is 0 Å². The predicted octanol–water partition coefficient (Wildman–Crippen LogP) is 2.77. The molecule has 1 N–H and O–H groups in total. The number of rotatable bonds is 4. The fourth-order valence-corrected chi connectivity index (χ4v) is 2.59. The van der Waals surface area contributed by atoms with Gasteiger partial charge in [0.25, 0.3) is 0 Å². The summed E-state index contributed by atoms with van der Waals surface area (Å²) in [6.07, 6.45) is 5.07. The fourth-order valence-electron chi connectivity index (χ4n) is 2.59. The van der Waals surface area contributed by atoms with Crippen molar-refractivity contribution in [1.82, 2.24) is 14.9 Å². The zero-order chi connectivity index (χ0) is 14.9. The Labute approximate surface area is 126 Å². The van der Waals surface area contributed by atoms with Crippen LogP contribution in [0, 0.1) is 0 Å². The number of hydrogen-bond acceptors (Lipinski definition) is 3. The molecule has 4 heteroatoms. The van der Waals surface area contributed by atoms with Crippen LogP contribution in [0.1, 0.15) is 32.2 Å². The van der Waals surface area contributed by atoms with Gasteiger partial charge in [-0.25, -0.2) is 4.98 Å². The van der Waals surface area contributed by atoms with Crippen LogP contribution in [0.4, 0.5) is 0 Å². The summed E-state index contributed by atoms with van der Waals surface area (Å²) in [5.41, 5.74) is 1.40. The van der Waals surface area contributed by atoms with E-state index in [1.165, 1.54) is 5.56 Å². The molecule has 0 amide bonds. The van der Waals surface area contributed by atoms with Crippen molar-refractivity contribution in [3.8, 4) is 5.75 Å². The Bertz CT molecular complexity index is 587. The summed E-state index contributed by atoms with van der Waals surface area (Å²) in [4.78, 5) is 4.46. The van der Waals surface area contributed by atoms with Crippen LogP contribution < -0.4 is 10.1 Å². The van der Waals surface area contributed by atoms with Crippen molar-refractivity contribution in [1.29, 1.82) is 0 Å². The highest BCUT2D eigenvalue weighted by Gasteiger charge is 2.23. The summed E-state index contributed by atoms with van der Waals surface area (Å²) in [6, 6.07) is 8.29. The van der Waals surface area contributed by atoms with E-state index in [2.05, 4.69) is 47.8 Å². The number of imidazole rings is 1. The second-order valence-corrected chi connectivity index (χ2v) is 6.65. The molecular weight excluding hydrogens is 262 g/mol. The zero-order valence-corrected chi connectivity index (χ0v) is 13.0. The van der Waals surface area contributed by atoms with Crippen molar-refractivity contribution >= 4 is 0 Å². The highest BCUT2D eigenvalue weighted by atomic mass is 16.5. The van der Waals surface area contributed by atoms with Gasteiger partial charge in [-0.2, -0.15) is 0 Å². The zero-order valence-electron chi connectivity index (χ0n) is 13.0. The molecule has 2 heterocycles. The van der Waals surface area contributed by atoms with Crippen LogP contribution >= 0.6 is 0 Å². The Morgan fingerprint density at radius 2 is 2.14 bits per heavy atom. The predicted molar refractivity (Wildman–Crippen MR) is 83.4 cm³/mol. The number of ether oxygens (including phenoxy) is 1. The molecule has 112 valence electrons. The van der Waals surface area contributed by atoms with Gasteiger partial charge < -0.3 is 14.6 Å². The molecule has 3 rings (SSSR count). The third-order valence-electron chi connectivity index (χ3n) is 3.69. The molecule has 1 atom stereocenters. The van der Waals surface area contributed by atoms with Crippen LogP contribution in [0.25, 0.3) is 0 Å². The molecule has 0 fully saturated rings. The van der Waals surface area contributed by atoms with Crippen molar-refractivity contribution in [3.63, 3.8) is 0 Å². The molecule has 1 aliphatic rings. The van der Waals surface area contributed by atoms with Crippen LogP contribution in [-0.2, 0) is 19.5 Å². The number of para-hydroxylation sites is 1. The maximum Gasteiger partial charge on any atom is 0.123 e. The quantitative estimate of drug-likeness (QED) is 0.939. The monoisotopic (exact) mass is 285 g/mol. The highest BCUT2D eigenvalue weighted by Crippen LogP contribution is 2.28. The Kier molecular flexibility index (Phi) is 3.72. The first-order valence-electron chi connectivity index (χ1n) is 7.51. The largest absolute Gasteiger partial charge is 0.488 e. The SMILES string of the molecule is CC(C)(C)NCc1nccn1CC1Cc2ccccc2O1. The summed E-state index contributed by atoms with van der Waals surface area (Å²) in [7, 11) is 0. The van der Waals surface area contributed by atoms with Crippen molar-refractivity contribution < 1.29 is 4.74 Å². The van der Waals surface area contributed by atoms with Gasteiger partial charge in [0.1, 0.15) is 17.7 Å². The van der Waals surface area contributed by atoms with Crippen molar-refractivity contribution in [2.24, 2.45) is 0 Å². The second-order valence-electron chi connectivity index (χ2n) is 6.65. The summed E-state index contributed by atoms with van der Waals surface area (Å²) >= 11 is 0. The number of aromatic nitrogens is 2. The van der Waals surface area contributed by atoms with E-state index in [1.807, 2.05) is 24.5 Å². The third kappa shape index (κ3) is 3.45. The smallest absolute Gasteiger partial charge is 0.123 e. The molecule has 0 saturated heterocycles. The molecule has 0 saturated carbocycles. The summed E-state index contributed by atoms with van der Waals surface area (Å²) < 4.78 is 8.20. The van der Waals surface area contributed by atoms with E-state index in [-0.39, 0.29) is 11.6 Å². The number of nitrogens with zero attached hydrogens (tertiary/aromatic N) is 2. The van der Waals surface area contributed by atoms with Crippen molar-refractivity contribution in [2.45, 2.75) is 51.9 Å². The van der Waals surface area contributed by atoms with Crippen LogP contribution in [-0.4, -0.2) is 21.2 Å². The van der Waals surface area contributed by atoms with Crippen LogP contribution in [0.15, 0.2) is 36.7 Å². The molecule has 1 aromatic carbocycles. The van der Waals surface area contributed by atoms with E-state index >= 15 is 0 Å². The minimum Gasteiger partial charge on any atom is -0.488 e. The lowest BCUT2D eigenvalue weighted by molar-refractivity contribution is 0.207. The number of hydrogen-bond donors (Lipinski definition) is 1. The lowest BCUT2D eigenvalue weighted by atomic mass is 10.1. The number of nitrogens with one attached hydrogen (secondary N) is 1. The van der Waals surface area contributed by atoms with Crippen LogP contribution in [0.2, 0.25) is 0 Å².